The highest BCUT2D eigenvalue weighted by molar-refractivity contribution is 6.32. The topological polar surface area (TPSA) is 391 Å². The summed E-state index contributed by atoms with van der Waals surface area (Å²) < 4.78 is 0. The fraction of sp³-hybridized carbons (Fsp3) is 0.636. The van der Waals surface area contributed by atoms with Crippen molar-refractivity contribution in [2.45, 2.75) is 154 Å². The Hall–Kier alpha value is -6.27. The minimum Gasteiger partial charge on any atom is -0.506 e. The van der Waals surface area contributed by atoms with Gasteiger partial charge < -0.3 is 74.0 Å². The van der Waals surface area contributed by atoms with E-state index in [2.05, 4.69) is 37.2 Å². The van der Waals surface area contributed by atoms with Gasteiger partial charge in [0, 0.05) is 32.9 Å². The Bertz CT molecular complexity index is 1970. The van der Waals surface area contributed by atoms with Crippen LogP contribution in [0.3, 0.4) is 0 Å². The summed E-state index contributed by atoms with van der Waals surface area (Å²) >= 11 is 6.13. The Morgan fingerprint density at radius 3 is 1.68 bits per heavy atom. The monoisotopic (exact) mass is 998 g/mol. The molecule has 0 aromatic heterocycles. The van der Waals surface area contributed by atoms with Gasteiger partial charge in [0.05, 0.1) is 17.2 Å². The number of carbonyl (C=O) groups is 10. The second-order valence-electron chi connectivity index (χ2n) is 17.2. The summed E-state index contributed by atoms with van der Waals surface area (Å²) in [6, 6.07) is -7.49. The fourth-order valence-electron chi connectivity index (χ4n) is 6.78. The maximum atomic E-state index is 14.4. The minimum absolute atomic E-state index is 0.0103. The number of nitrogens with zero attached hydrogens (tertiary/aromatic N) is 1. The second-order valence-corrected chi connectivity index (χ2v) is 17.6. The highest BCUT2D eigenvalue weighted by Crippen LogP contribution is 2.25. The molecule has 0 aliphatic carbocycles. The quantitative estimate of drug-likeness (QED) is 0.0386. The van der Waals surface area contributed by atoms with E-state index >= 15 is 0 Å². The van der Waals surface area contributed by atoms with E-state index in [4.69, 9.17) is 23.1 Å². The lowest BCUT2D eigenvalue weighted by atomic mass is 9.95. The molecule has 1 aromatic carbocycles. The molecule has 0 saturated carbocycles. The van der Waals surface area contributed by atoms with Gasteiger partial charge in [-0.15, -0.1) is 0 Å². The van der Waals surface area contributed by atoms with E-state index < -0.39 is 126 Å². The van der Waals surface area contributed by atoms with Crippen LogP contribution in [0.4, 0.5) is 4.79 Å². The third kappa shape index (κ3) is 20.5. The van der Waals surface area contributed by atoms with Crippen molar-refractivity contribution >= 4 is 70.9 Å². The van der Waals surface area contributed by atoms with Gasteiger partial charge in [-0.05, 0) is 69.1 Å². The van der Waals surface area contributed by atoms with E-state index in [-0.39, 0.29) is 62.3 Å². The number of amides is 10. The normalized spacial score (nSPS) is 15.5. The molecule has 1 rings (SSSR count). The van der Waals surface area contributed by atoms with Crippen LogP contribution in [0, 0.1) is 11.8 Å². The molecular weight excluding hydrogens is 928 g/mol. The highest BCUT2D eigenvalue weighted by atomic mass is 35.5. The van der Waals surface area contributed by atoms with Gasteiger partial charge in [-0.2, -0.15) is 0 Å². The van der Waals surface area contributed by atoms with Gasteiger partial charge in [0.25, 0.3) is 0 Å². The van der Waals surface area contributed by atoms with Crippen LogP contribution in [0.5, 0.6) is 5.75 Å². The number of aliphatic hydroxyl groups excluding tert-OH is 2. The molecule has 1 unspecified atom stereocenters. The summed E-state index contributed by atoms with van der Waals surface area (Å²) in [6.07, 6.45) is -3.58. The van der Waals surface area contributed by atoms with Crippen molar-refractivity contribution in [2.75, 3.05) is 13.6 Å². The summed E-state index contributed by atoms with van der Waals surface area (Å²) in [5.41, 5.74) is 10.8. The zero-order valence-corrected chi connectivity index (χ0v) is 41.1. The fourth-order valence-corrected chi connectivity index (χ4v) is 6.99. The number of primary amides is 2. The number of nitrogens with two attached hydrogens (primary N) is 2. The number of phenolic OH excluding ortho intramolecular Hbond substituents is 1. The lowest BCUT2D eigenvalue weighted by Crippen LogP contribution is -2.63. The summed E-state index contributed by atoms with van der Waals surface area (Å²) in [4.78, 5) is 132. The number of aliphatic hydroxyl groups is 2. The molecule has 69 heavy (non-hydrogen) atoms. The molecule has 0 saturated heterocycles. The SMILES string of the molecule is CCCC(=O)N[C@H](CCC(N)=O)C(=O)N[C@@H](C(=O)N[C@H](CCCNC(N)=O)C(=O)N[C@H](C(=O)N[C@H](C(=O)N(C)[C@@H](Cc1ccc(O)c(Cl)c1)C(=O)N[C@@H](C(=O)O)C(C)C)[C@@H](C)CC)[C@@H](C)O)C(C)O. The first-order chi connectivity index (χ1) is 32.2. The van der Waals surface area contributed by atoms with Crippen LogP contribution in [0.25, 0.3) is 0 Å². The van der Waals surface area contributed by atoms with Crippen LogP contribution in [-0.2, 0) is 49.6 Å². The number of urea groups is 1. The van der Waals surface area contributed by atoms with Crippen molar-refractivity contribution in [3.05, 3.63) is 28.8 Å². The van der Waals surface area contributed by atoms with Crippen LogP contribution in [0.1, 0.15) is 99.0 Å². The predicted molar refractivity (Wildman–Crippen MR) is 250 cm³/mol. The Morgan fingerprint density at radius 1 is 0.696 bits per heavy atom. The van der Waals surface area contributed by atoms with Crippen LogP contribution >= 0.6 is 11.6 Å². The van der Waals surface area contributed by atoms with Crippen LogP contribution in [0.15, 0.2) is 18.2 Å². The van der Waals surface area contributed by atoms with E-state index in [1.54, 1.807) is 34.6 Å². The van der Waals surface area contributed by atoms with Gasteiger partial charge in [-0.1, -0.05) is 58.7 Å². The van der Waals surface area contributed by atoms with Crippen molar-refractivity contribution in [2.24, 2.45) is 23.3 Å². The van der Waals surface area contributed by atoms with Crippen LogP contribution in [-0.4, -0.2) is 153 Å². The zero-order chi connectivity index (χ0) is 52.9. The maximum absolute atomic E-state index is 14.4. The zero-order valence-electron chi connectivity index (χ0n) is 40.3. The standard InChI is InChI=1S/C44H71ClN10O14/c1-9-12-32(60)49-28(15-17-31(46)59)38(62)53-35(23(6)56)40(64)50-27(13-11-18-48-44(47)69)37(61)54-36(24(7)57)41(65)52-34(22(5)10-2)42(66)55(8)29(20-25-14-16-30(58)26(45)19-25)39(63)51-33(21(3)4)43(67)68/h14,16,19,21-24,27-29,33-36,56-58H,9-13,15,17-18,20H2,1-8H3,(H2,46,59)(H,49,60)(H,50,64)(H,51,63)(H,52,65)(H,53,62)(H,54,61)(H,67,68)(H3,47,48,69)/t22-,23?,24+,27+,28+,29-,33+,34-,35+,36-/m0/s1. The Kier molecular flexibility index (Phi) is 26.0. The number of carbonyl (C=O) groups excluding carboxylic acids is 9. The average Bonchev–Trinajstić information content (AvgIpc) is 3.26. The lowest BCUT2D eigenvalue weighted by molar-refractivity contribution is -0.147. The number of hydrogen-bond donors (Lipinski definition) is 13. The minimum atomic E-state index is -1.81. The number of carboxylic acid groups (broad SMARTS) is 1. The number of nitrogens with one attached hydrogen (secondary N) is 7. The maximum Gasteiger partial charge on any atom is 0.326 e. The molecule has 10 atom stereocenters. The summed E-state index contributed by atoms with van der Waals surface area (Å²) in [6.45, 7) is 10.4. The van der Waals surface area contributed by atoms with E-state index in [9.17, 15) is 68.4 Å². The van der Waals surface area contributed by atoms with Crippen molar-refractivity contribution < 1.29 is 68.4 Å². The van der Waals surface area contributed by atoms with Gasteiger partial charge in [0.1, 0.15) is 48.0 Å². The first-order valence-electron chi connectivity index (χ1n) is 22.6. The van der Waals surface area contributed by atoms with E-state index in [0.717, 1.165) is 18.7 Å². The van der Waals surface area contributed by atoms with Crippen molar-refractivity contribution in [1.82, 2.24) is 42.1 Å². The van der Waals surface area contributed by atoms with Crippen molar-refractivity contribution in [3.63, 3.8) is 0 Å². The van der Waals surface area contributed by atoms with Crippen LogP contribution < -0.4 is 48.7 Å². The highest BCUT2D eigenvalue weighted by Gasteiger charge is 2.39. The van der Waals surface area contributed by atoms with Gasteiger partial charge in [-0.25, -0.2) is 9.59 Å². The summed E-state index contributed by atoms with van der Waals surface area (Å²) in [5, 5.41) is 58.1. The number of phenols is 1. The molecule has 25 heteroatoms. The summed E-state index contributed by atoms with van der Waals surface area (Å²) in [5.74, 6) is -10.0. The molecule has 1 aromatic rings. The molecule has 24 nitrogen and oxygen atoms in total. The number of halogens is 1. The molecule has 0 aliphatic rings. The van der Waals surface area contributed by atoms with E-state index in [1.807, 2.05) is 0 Å². The molecular formula is C44H71ClN10O14. The van der Waals surface area contributed by atoms with Gasteiger partial charge in [0.2, 0.25) is 47.3 Å². The second kappa shape index (κ2) is 29.6. The smallest absolute Gasteiger partial charge is 0.326 e. The number of aliphatic carboxylic acids is 1. The number of hydrogen-bond acceptors (Lipinski definition) is 13. The third-order valence-corrected chi connectivity index (χ3v) is 11.4. The molecule has 15 N–H and O–H groups in total. The number of benzene rings is 1. The van der Waals surface area contributed by atoms with Gasteiger partial charge >= 0.3 is 12.0 Å². The predicted octanol–water partition coefficient (Wildman–Crippen LogP) is -1.61. The molecule has 0 spiro atoms. The van der Waals surface area contributed by atoms with Crippen LogP contribution in [0.2, 0.25) is 5.02 Å². The molecule has 10 amide bonds. The summed E-state index contributed by atoms with van der Waals surface area (Å²) in [7, 11) is 1.27. The number of likely N-dealkylation sites (N-methyl/N-ethyl adjacent to an activating group) is 1. The molecule has 0 heterocycles. The molecule has 0 aliphatic heterocycles. The molecule has 0 radical (unpaired) electrons. The Balaban J connectivity index is 3.57. The Morgan fingerprint density at radius 2 is 1.22 bits per heavy atom. The average molecular weight is 1000 g/mol. The number of carboxylic acids is 1. The van der Waals surface area contributed by atoms with Gasteiger partial charge in [-0.3, -0.25) is 38.4 Å². The first-order valence-corrected chi connectivity index (χ1v) is 23.0. The van der Waals surface area contributed by atoms with Gasteiger partial charge in [0.15, 0.2) is 0 Å². The Labute approximate surface area is 406 Å². The molecule has 0 bridgehead atoms. The molecule has 0 fully saturated rings. The number of rotatable bonds is 30. The largest absolute Gasteiger partial charge is 0.506 e. The lowest BCUT2D eigenvalue weighted by Gasteiger charge is -2.35. The van der Waals surface area contributed by atoms with E-state index in [0.29, 0.717) is 12.0 Å². The number of aromatic hydroxyl groups is 1. The van der Waals surface area contributed by atoms with E-state index in [1.165, 1.54) is 25.2 Å². The third-order valence-electron chi connectivity index (χ3n) is 11.1. The molecule has 388 valence electrons. The van der Waals surface area contributed by atoms with Crippen molar-refractivity contribution in [1.29, 1.82) is 0 Å². The van der Waals surface area contributed by atoms with Crippen molar-refractivity contribution in [3.8, 4) is 5.75 Å². The first kappa shape index (κ1) is 60.7.